The molecule has 0 bridgehead atoms. The Morgan fingerprint density at radius 3 is 2.65 bits per heavy atom. The molecule has 23 heavy (non-hydrogen) atoms. The summed E-state index contributed by atoms with van der Waals surface area (Å²) < 4.78 is 2.40. The van der Waals surface area contributed by atoms with Gasteiger partial charge in [-0.05, 0) is 24.3 Å². The van der Waals surface area contributed by atoms with Crippen molar-refractivity contribution in [1.82, 2.24) is 14.8 Å². The number of halogens is 1. The van der Waals surface area contributed by atoms with Gasteiger partial charge in [-0.15, -0.1) is 11.3 Å². The van der Waals surface area contributed by atoms with Crippen LogP contribution >= 0.6 is 22.9 Å². The molecular weight excluding hydrogens is 330 g/mol. The van der Waals surface area contributed by atoms with E-state index in [1.807, 2.05) is 24.1 Å². The summed E-state index contributed by atoms with van der Waals surface area (Å²) >= 11 is 7.33. The van der Waals surface area contributed by atoms with Crippen LogP contribution in [0.2, 0.25) is 4.47 Å². The van der Waals surface area contributed by atoms with Crippen molar-refractivity contribution in [3.63, 3.8) is 0 Å². The zero-order valence-electron chi connectivity index (χ0n) is 13.0. The summed E-state index contributed by atoms with van der Waals surface area (Å²) in [6.45, 7) is 1.56. The van der Waals surface area contributed by atoms with Gasteiger partial charge in [-0.1, -0.05) is 11.6 Å². The third-order valence-corrected chi connectivity index (χ3v) is 4.59. The molecule has 0 atom stereocenters. The SMILES string of the molecule is CN(Cc1cnn(C)c1)c1ccc(NCc2cnc(Cl)s2)cc1. The monoisotopic (exact) mass is 347 g/mol. The number of hydrogen-bond acceptors (Lipinski definition) is 5. The summed E-state index contributed by atoms with van der Waals surface area (Å²) in [5.74, 6) is 0. The Labute approximate surface area is 144 Å². The molecule has 7 heteroatoms. The number of rotatable bonds is 6. The fourth-order valence-electron chi connectivity index (χ4n) is 2.31. The normalized spacial score (nSPS) is 10.7. The highest BCUT2D eigenvalue weighted by Crippen LogP contribution is 2.21. The summed E-state index contributed by atoms with van der Waals surface area (Å²) in [5.41, 5.74) is 3.44. The number of aromatic nitrogens is 3. The van der Waals surface area contributed by atoms with Crippen LogP contribution in [0.15, 0.2) is 42.9 Å². The van der Waals surface area contributed by atoms with Crippen LogP contribution < -0.4 is 10.2 Å². The maximum atomic E-state index is 5.83. The van der Waals surface area contributed by atoms with Crippen LogP contribution in [-0.4, -0.2) is 21.8 Å². The third-order valence-electron chi connectivity index (χ3n) is 3.48. The molecule has 3 rings (SSSR count). The molecule has 0 amide bonds. The molecule has 0 aliphatic carbocycles. The van der Waals surface area contributed by atoms with Crippen molar-refractivity contribution in [2.45, 2.75) is 13.1 Å². The van der Waals surface area contributed by atoms with Gasteiger partial charge in [0.2, 0.25) is 0 Å². The lowest BCUT2D eigenvalue weighted by molar-refractivity contribution is 0.766. The molecule has 0 aliphatic rings. The molecule has 1 aromatic carbocycles. The van der Waals surface area contributed by atoms with Crippen molar-refractivity contribution in [1.29, 1.82) is 0 Å². The number of anilines is 2. The lowest BCUT2D eigenvalue weighted by atomic mass is 10.2. The number of benzene rings is 1. The highest BCUT2D eigenvalue weighted by atomic mass is 35.5. The lowest BCUT2D eigenvalue weighted by Crippen LogP contribution is -2.15. The molecule has 1 N–H and O–H groups in total. The van der Waals surface area contributed by atoms with Crippen LogP contribution in [0.4, 0.5) is 11.4 Å². The molecule has 0 radical (unpaired) electrons. The molecule has 2 aromatic heterocycles. The Bertz CT molecular complexity index is 765. The van der Waals surface area contributed by atoms with Gasteiger partial charge in [-0.2, -0.15) is 5.10 Å². The Hall–Kier alpha value is -2.05. The zero-order valence-corrected chi connectivity index (χ0v) is 14.6. The summed E-state index contributed by atoms with van der Waals surface area (Å²) in [5, 5.41) is 7.57. The van der Waals surface area contributed by atoms with Gasteiger partial charge >= 0.3 is 0 Å². The van der Waals surface area contributed by atoms with Gasteiger partial charge in [0.1, 0.15) is 0 Å². The van der Waals surface area contributed by atoms with Crippen LogP contribution in [0.5, 0.6) is 0 Å². The molecule has 0 saturated carbocycles. The summed E-state index contributed by atoms with van der Waals surface area (Å²) in [4.78, 5) is 7.35. The Balaban J connectivity index is 1.57. The molecular formula is C16H18ClN5S. The molecule has 120 valence electrons. The summed E-state index contributed by atoms with van der Waals surface area (Å²) in [6.07, 6.45) is 5.73. The molecule has 2 heterocycles. The first kappa shape index (κ1) is 15.8. The minimum absolute atomic E-state index is 0.578. The van der Waals surface area contributed by atoms with E-state index in [4.69, 9.17) is 11.6 Å². The summed E-state index contributed by atoms with van der Waals surface area (Å²) in [6, 6.07) is 8.38. The second-order valence-electron chi connectivity index (χ2n) is 5.36. The smallest absolute Gasteiger partial charge is 0.183 e. The quantitative estimate of drug-likeness (QED) is 0.737. The zero-order chi connectivity index (χ0) is 16.2. The number of hydrogen-bond donors (Lipinski definition) is 1. The largest absolute Gasteiger partial charge is 0.380 e. The topological polar surface area (TPSA) is 46.0 Å². The van der Waals surface area contributed by atoms with Crippen molar-refractivity contribution in [3.05, 3.63) is 57.8 Å². The van der Waals surface area contributed by atoms with Crippen LogP contribution in [0.25, 0.3) is 0 Å². The van der Waals surface area contributed by atoms with Crippen LogP contribution in [0.1, 0.15) is 10.4 Å². The summed E-state index contributed by atoms with van der Waals surface area (Å²) in [7, 11) is 4.01. The Morgan fingerprint density at radius 1 is 1.26 bits per heavy atom. The number of thiazole rings is 1. The van der Waals surface area contributed by atoms with Gasteiger partial charge in [0.25, 0.3) is 0 Å². The van der Waals surface area contributed by atoms with Gasteiger partial charge < -0.3 is 10.2 Å². The molecule has 0 spiro atoms. The van der Waals surface area contributed by atoms with Crippen molar-refractivity contribution >= 4 is 34.3 Å². The van der Waals surface area contributed by atoms with Gasteiger partial charge in [0.05, 0.1) is 12.7 Å². The van der Waals surface area contributed by atoms with E-state index in [9.17, 15) is 0 Å². The van der Waals surface area contributed by atoms with E-state index in [1.165, 1.54) is 22.6 Å². The van der Waals surface area contributed by atoms with Crippen molar-refractivity contribution in [3.8, 4) is 0 Å². The van der Waals surface area contributed by atoms with Crippen LogP contribution in [-0.2, 0) is 20.1 Å². The molecule has 3 aromatic rings. The number of nitrogens with one attached hydrogen (secondary N) is 1. The van der Waals surface area contributed by atoms with Crippen molar-refractivity contribution in [2.24, 2.45) is 7.05 Å². The van der Waals surface area contributed by atoms with E-state index < -0.39 is 0 Å². The lowest BCUT2D eigenvalue weighted by Gasteiger charge is -2.19. The first-order chi connectivity index (χ1) is 11.1. The predicted molar refractivity (Wildman–Crippen MR) is 96.2 cm³/mol. The number of aryl methyl sites for hydroxylation is 1. The van der Waals surface area contributed by atoms with Gasteiger partial charge in [-0.25, -0.2) is 4.98 Å². The Morgan fingerprint density at radius 2 is 2.04 bits per heavy atom. The first-order valence-electron chi connectivity index (χ1n) is 7.23. The first-order valence-corrected chi connectivity index (χ1v) is 8.42. The van der Waals surface area contributed by atoms with Crippen LogP contribution in [0.3, 0.4) is 0 Å². The predicted octanol–water partition coefficient (Wildman–Crippen LogP) is 3.78. The number of nitrogens with zero attached hydrogens (tertiary/aromatic N) is 4. The van der Waals surface area contributed by atoms with Gasteiger partial charge in [-0.3, -0.25) is 4.68 Å². The fraction of sp³-hybridized carbons (Fsp3) is 0.250. The fourth-order valence-corrected chi connectivity index (χ4v) is 3.22. The van der Waals surface area contributed by atoms with Gasteiger partial charge in [0, 0.05) is 54.8 Å². The highest BCUT2D eigenvalue weighted by Gasteiger charge is 2.04. The molecule has 5 nitrogen and oxygen atoms in total. The van der Waals surface area contributed by atoms with E-state index in [1.54, 1.807) is 6.20 Å². The maximum absolute atomic E-state index is 5.83. The van der Waals surface area contributed by atoms with E-state index in [0.29, 0.717) is 4.47 Å². The minimum Gasteiger partial charge on any atom is -0.380 e. The third kappa shape index (κ3) is 4.24. The molecule has 0 aliphatic heterocycles. The van der Waals surface area contributed by atoms with E-state index in [2.05, 4.69) is 51.6 Å². The van der Waals surface area contributed by atoms with E-state index >= 15 is 0 Å². The van der Waals surface area contributed by atoms with E-state index in [0.717, 1.165) is 23.7 Å². The standard InChI is InChI=1S/C16H18ClN5S/c1-21(10-12-7-20-22(2)11-12)14-5-3-13(4-6-14)18-8-15-9-19-16(17)23-15/h3-7,9,11,18H,8,10H2,1-2H3. The van der Waals surface area contributed by atoms with Gasteiger partial charge in [0.15, 0.2) is 4.47 Å². The molecule has 0 unspecified atom stereocenters. The average Bonchev–Trinajstić information content (AvgIpc) is 3.14. The highest BCUT2D eigenvalue weighted by molar-refractivity contribution is 7.15. The average molecular weight is 348 g/mol. The van der Waals surface area contributed by atoms with Crippen molar-refractivity contribution in [2.75, 3.05) is 17.3 Å². The maximum Gasteiger partial charge on any atom is 0.183 e. The molecule has 0 saturated heterocycles. The molecule has 0 fully saturated rings. The van der Waals surface area contributed by atoms with Crippen molar-refractivity contribution < 1.29 is 0 Å². The second kappa shape index (κ2) is 7.02. The Kier molecular flexibility index (Phi) is 4.83. The van der Waals surface area contributed by atoms with E-state index in [-0.39, 0.29) is 0 Å². The van der Waals surface area contributed by atoms with Crippen LogP contribution in [0, 0.1) is 0 Å². The minimum atomic E-state index is 0.578. The second-order valence-corrected chi connectivity index (χ2v) is 7.06.